The highest BCUT2D eigenvalue weighted by Gasteiger charge is 2.28. The maximum atomic E-state index is 2.56. The van der Waals surface area contributed by atoms with E-state index in [1.54, 1.807) is 0 Å². The number of hydrogen-bond acceptors (Lipinski definition) is 2. The Morgan fingerprint density at radius 1 is 0.640 bits per heavy atom. The van der Waals surface area contributed by atoms with Crippen molar-refractivity contribution < 1.29 is 0 Å². The van der Waals surface area contributed by atoms with E-state index in [2.05, 4.69) is 99.9 Å². The SMILES string of the molecule is CC(C)(C)CN1CN(CC(C)(C)C)c2ccccc2-c2ccccc21. The zero-order chi connectivity index (χ0) is 18.2. The fourth-order valence-corrected chi connectivity index (χ4v) is 3.73. The smallest absolute Gasteiger partial charge is 0.0903 e. The van der Waals surface area contributed by atoms with Gasteiger partial charge >= 0.3 is 0 Å². The lowest BCUT2D eigenvalue weighted by Crippen LogP contribution is -2.44. The summed E-state index contributed by atoms with van der Waals surface area (Å²) in [6.07, 6.45) is 0. The van der Waals surface area contributed by atoms with Crippen LogP contribution in [0.2, 0.25) is 0 Å². The number of benzene rings is 2. The second-order valence-corrected chi connectivity index (χ2v) is 9.69. The van der Waals surface area contributed by atoms with Gasteiger partial charge in [0.15, 0.2) is 0 Å². The molecule has 1 aliphatic heterocycles. The summed E-state index contributed by atoms with van der Waals surface area (Å²) in [6.45, 7) is 16.9. The van der Waals surface area contributed by atoms with E-state index in [1.165, 1.54) is 22.5 Å². The highest BCUT2D eigenvalue weighted by Crippen LogP contribution is 2.41. The van der Waals surface area contributed by atoms with Crippen LogP contribution < -0.4 is 9.80 Å². The largest absolute Gasteiger partial charge is 0.353 e. The van der Waals surface area contributed by atoms with Gasteiger partial charge in [0.05, 0.1) is 6.67 Å². The predicted octanol–water partition coefficient (Wildman–Crippen LogP) is 6.03. The summed E-state index contributed by atoms with van der Waals surface area (Å²) in [5.74, 6) is 0. The molecule has 0 bridgehead atoms. The minimum absolute atomic E-state index is 0.247. The predicted molar refractivity (Wildman–Crippen MR) is 110 cm³/mol. The second kappa shape index (κ2) is 6.40. The van der Waals surface area contributed by atoms with Crippen LogP contribution in [0.5, 0.6) is 0 Å². The lowest BCUT2D eigenvalue weighted by molar-refractivity contribution is 0.388. The molecule has 0 atom stereocenters. The van der Waals surface area contributed by atoms with E-state index in [1.807, 2.05) is 0 Å². The van der Waals surface area contributed by atoms with E-state index in [0.717, 1.165) is 19.8 Å². The molecule has 2 heteroatoms. The lowest BCUT2D eigenvalue weighted by atomic mass is 9.95. The summed E-state index contributed by atoms with van der Waals surface area (Å²) in [5, 5.41) is 0. The Hall–Kier alpha value is -1.96. The van der Waals surface area contributed by atoms with E-state index in [9.17, 15) is 0 Å². The van der Waals surface area contributed by atoms with Crippen molar-refractivity contribution in [1.82, 2.24) is 0 Å². The van der Waals surface area contributed by atoms with Crippen LogP contribution in [0, 0.1) is 10.8 Å². The Kier molecular flexibility index (Phi) is 4.57. The quantitative estimate of drug-likeness (QED) is 0.660. The summed E-state index contributed by atoms with van der Waals surface area (Å²) in [6, 6.07) is 17.7. The van der Waals surface area contributed by atoms with Gasteiger partial charge in [-0.15, -0.1) is 0 Å². The molecule has 0 fully saturated rings. The third-order valence-electron chi connectivity index (χ3n) is 4.45. The molecular formula is C23H32N2. The van der Waals surface area contributed by atoms with Gasteiger partial charge in [0.25, 0.3) is 0 Å². The number of fused-ring (bicyclic) bond motifs is 3. The monoisotopic (exact) mass is 336 g/mol. The van der Waals surface area contributed by atoms with Crippen LogP contribution in [-0.2, 0) is 0 Å². The van der Waals surface area contributed by atoms with Gasteiger partial charge in [-0.05, 0) is 23.0 Å². The van der Waals surface area contributed by atoms with E-state index in [-0.39, 0.29) is 10.8 Å². The molecule has 0 saturated heterocycles. The van der Waals surface area contributed by atoms with Crippen molar-refractivity contribution in [2.24, 2.45) is 10.8 Å². The van der Waals surface area contributed by atoms with Crippen molar-refractivity contribution in [2.75, 3.05) is 29.6 Å². The van der Waals surface area contributed by atoms with E-state index in [0.29, 0.717) is 0 Å². The van der Waals surface area contributed by atoms with Gasteiger partial charge < -0.3 is 9.80 Å². The van der Waals surface area contributed by atoms with Gasteiger partial charge in [0, 0.05) is 35.6 Å². The van der Waals surface area contributed by atoms with Crippen LogP contribution in [0.3, 0.4) is 0 Å². The molecule has 0 aromatic heterocycles. The van der Waals surface area contributed by atoms with Gasteiger partial charge in [0.2, 0.25) is 0 Å². The molecule has 25 heavy (non-hydrogen) atoms. The Morgan fingerprint density at radius 3 is 1.36 bits per heavy atom. The standard InChI is InChI=1S/C23H32N2/c1-22(2,3)15-24-17-25(16-23(4,5)6)21-14-10-8-12-19(21)18-11-7-9-13-20(18)24/h7-14H,15-17H2,1-6H3. The number of anilines is 2. The van der Waals surface area contributed by atoms with Crippen LogP contribution in [0.1, 0.15) is 41.5 Å². The molecule has 134 valence electrons. The molecule has 0 amide bonds. The summed E-state index contributed by atoms with van der Waals surface area (Å²) < 4.78 is 0. The molecule has 2 aromatic carbocycles. The number of hydrogen-bond donors (Lipinski definition) is 0. The zero-order valence-electron chi connectivity index (χ0n) is 16.6. The van der Waals surface area contributed by atoms with Gasteiger partial charge in [-0.1, -0.05) is 77.9 Å². The minimum atomic E-state index is 0.247. The van der Waals surface area contributed by atoms with E-state index < -0.39 is 0 Å². The third kappa shape index (κ3) is 4.18. The molecule has 2 aromatic rings. The fourth-order valence-electron chi connectivity index (χ4n) is 3.73. The van der Waals surface area contributed by atoms with Crippen LogP contribution in [0.25, 0.3) is 11.1 Å². The molecule has 2 nitrogen and oxygen atoms in total. The first-order valence-electron chi connectivity index (χ1n) is 9.32. The first kappa shape index (κ1) is 17.8. The van der Waals surface area contributed by atoms with Crippen molar-refractivity contribution in [1.29, 1.82) is 0 Å². The van der Waals surface area contributed by atoms with Crippen molar-refractivity contribution in [3.05, 3.63) is 48.5 Å². The Morgan fingerprint density at radius 2 is 1.00 bits per heavy atom. The van der Waals surface area contributed by atoms with Crippen LogP contribution in [0.4, 0.5) is 11.4 Å². The molecule has 0 aliphatic carbocycles. The van der Waals surface area contributed by atoms with Crippen molar-refractivity contribution in [3.8, 4) is 11.1 Å². The normalized spacial score (nSPS) is 14.8. The minimum Gasteiger partial charge on any atom is -0.353 e. The highest BCUT2D eigenvalue weighted by atomic mass is 15.3. The van der Waals surface area contributed by atoms with Crippen LogP contribution >= 0.6 is 0 Å². The highest BCUT2D eigenvalue weighted by molar-refractivity contribution is 5.88. The average Bonchev–Trinajstić information content (AvgIpc) is 2.62. The molecule has 1 heterocycles. The van der Waals surface area contributed by atoms with E-state index in [4.69, 9.17) is 0 Å². The summed E-state index contributed by atoms with van der Waals surface area (Å²) >= 11 is 0. The Bertz CT molecular complexity index is 671. The first-order chi connectivity index (χ1) is 11.6. The summed E-state index contributed by atoms with van der Waals surface area (Å²) in [4.78, 5) is 5.11. The molecule has 0 spiro atoms. The summed E-state index contributed by atoms with van der Waals surface area (Å²) in [7, 11) is 0. The summed E-state index contributed by atoms with van der Waals surface area (Å²) in [5.41, 5.74) is 5.88. The first-order valence-corrected chi connectivity index (χ1v) is 9.32. The Labute approximate surface area is 153 Å². The number of para-hydroxylation sites is 2. The maximum absolute atomic E-state index is 2.56. The molecular weight excluding hydrogens is 304 g/mol. The molecule has 1 aliphatic rings. The third-order valence-corrected chi connectivity index (χ3v) is 4.45. The topological polar surface area (TPSA) is 6.48 Å². The number of rotatable bonds is 2. The lowest BCUT2D eigenvalue weighted by Gasteiger charge is -2.38. The Balaban J connectivity index is 2.13. The van der Waals surface area contributed by atoms with Crippen LogP contribution in [-0.4, -0.2) is 19.8 Å². The van der Waals surface area contributed by atoms with Gasteiger partial charge in [-0.2, -0.15) is 0 Å². The second-order valence-electron chi connectivity index (χ2n) is 9.69. The van der Waals surface area contributed by atoms with Crippen LogP contribution in [0.15, 0.2) is 48.5 Å². The van der Waals surface area contributed by atoms with Gasteiger partial charge in [-0.3, -0.25) is 0 Å². The maximum Gasteiger partial charge on any atom is 0.0903 e. The molecule has 0 saturated carbocycles. The molecule has 0 radical (unpaired) electrons. The van der Waals surface area contributed by atoms with Gasteiger partial charge in [0.1, 0.15) is 0 Å². The van der Waals surface area contributed by atoms with Crippen molar-refractivity contribution >= 4 is 11.4 Å². The van der Waals surface area contributed by atoms with Crippen molar-refractivity contribution in [3.63, 3.8) is 0 Å². The van der Waals surface area contributed by atoms with E-state index >= 15 is 0 Å². The van der Waals surface area contributed by atoms with Gasteiger partial charge in [-0.25, -0.2) is 0 Å². The van der Waals surface area contributed by atoms with Crippen molar-refractivity contribution in [2.45, 2.75) is 41.5 Å². The average molecular weight is 337 g/mol. The molecule has 0 N–H and O–H groups in total. The zero-order valence-corrected chi connectivity index (χ0v) is 16.6. The molecule has 3 rings (SSSR count). The number of nitrogens with zero attached hydrogens (tertiary/aromatic N) is 2. The molecule has 0 unspecified atom stereocenters. The fraction of sp³-hybridized carbons (Fsp3) is 0.478.